The largest absolute Gasteiger partial charge is 0.507 e. The summed E-state index contributed by atoms with van der Waals surface area (Å²) in [6.07, 6.45) is 1.74. The molecule has 4 rings (SSSR count). The summed E-state index contributed by atoms with van der Waals surface area (Å²) in [6, 6.07) is 27.0. The van der Waals surface area contributed by atoms with Crippen LogP contribution in [0.25, 0.3) is 0 Å². The summed E-state index contributed by atoms with van der Waals surface area (Å²) < 4.78 is 0.926. The Bertz CT molecular complexity index is 915. The lowest BCUT2D eigenvalue weighted by molar-refractivity contribution is 0.113. The topological polar surface area (TPSA) is 39.1 Å². The zero-order valence-electron chi connectivity index (χ0n) is 16.2. The molecular weight excluding hydrogens is 426 g/mol. The van der Waals surface area contributed by atoms with Gasteiger partial charge in [0.05, 0.1) is 12.3 Å². The molecule has 3 aromatic carbocycles. The molecule has 4 nitrogen and oxygen atoms in total. The van der Waals surface area contributed by atoms with E-state index in [2.05, 4.69) is 91.6 Å². The van der Waals surface area contributed by atoms with Crippen LogP contribution >= 0.6 is 15.9 Å². The van der Waals surface area contributed by atoms with Crippen molar-refractivity contribution < 1.29 is 5.11 Å². The third-order valence-corrected chi connectivity index (χ3v) is 5.73. The Kier molecular flexibility index (Phi) is 6.27. The first-order valence-electron chi connectivity index (χ1n) is 9.82. The van der Waals surface area contributed by atoms with Gasteiger partial charge in [-0.2, -0.15) is 5.10 Å². The van der Waals surface area contributed by atoms with Crippen molar-refractivity contribution in [1.29, 1.82) is 0 Å². The lowest BCUT2D eigenvalue weighted by Gasteiger charge is -2.38. The number of hydrogen-bond acceptors (Lipinski definition) is 4. The van der Waals surface area contributed by atoms with Crippen LogP contribution in [0.2, 0.25) is 0 Å². The Morgan fingerprint density at radius 3 is 2.00 bits per heavy atom. The summed E-state index contributed by atoms with van der Waals surface area (Å²) in [7, 11) is 0. The van der Waals surface area contributed by atoms with Crippen molar-refractivity contribution in [2.24, 2.45) is 5.10 Å². The molecule has 1 heterocycles. The average Bonchev–Trinajstić information content (AvgIpc) is 2.77. The number of hydrogen-bond donors (Lipinski definition) is 1. The molecule has 0 spiro atoms. The lowest BCUT2D eigenvalue weighted by atomic mass is 9.96. The molecule has 1 aliphatic heterocycles. The van der Waals surface area contributed by atoms with Crippen molar-refractivity contribution >= 4 is 22.1 Å². The molecule has 1 saturated heterocycles. The van der Waals surface area contributed by atoms with Gasteiger partial charge in [0.15, 0.2) is 0 Å². The van der Waals surface area contributed by atoms with E-state index in [0.29, 0.717) is 5.56 Å². The maximum absolute atomic E-state index is 9.99. The van der Waals surface area contributed by atoms with E-state index in [1.54, 1.807) is 12.3 Å². The number of rotatable bonds is 5. The standard InChI is InChI=1S/C24H24BrN3O/c25-22-11-12-23(29)21(17-22)18-26-28-15-13-27(14-16-28)24(19-7-3-1-4-8-19)20-9-5-2-6-10-20/h1-12,17-18,24,29H,13-16H2/b26-18+. The molecular formula is C24H24BrN3O. The average molecular weight is 450 g/mol. The van der Waals surface area contributed by atoms with Crippen molar-refractivity contribution in [1.82, 2.24) is 9.91 Å². The maximum atomic E-state index is 9.99. The number of phenols is 1. The third-order valence-electron chi connectivity index (χ3n) is 5.24. The Hall–Kier alpha value is -2.63. The summed E-state index contributed by atoms with van der Waals surface area (Å²) in [6.45, 7) is 3.55. The summed E-state index contributed by atoms with van der Waals surface area (Å²) in [5, 5.41) is 16.7. The minimum atomic E-state index is 0.240. The van der Waals surface area contributed by atoms with Gasteiger partial charge in [0.2, 0.25) is 0 Å². The Labute approximate surface area is 180 Å². The van der Waals surface area contributed by atoms with Crippen molar-refractivity contribution in [3.8, 4) is 5.75 Å². The molecule has 1 aliphatic rings. The van der Waals surface area contributed by atoms with E-state index < -0.39 is 0 Å². The van der Waals surface area contributed by atoms with E-state index >= 15 is 0 Å². The lowest BCUT2D eigenvalue weighted by Crippen LogP contribution is -2.45. The molecule has 29 heavy (non-hydrogen) atoms. The van der Waals surface area contributed by atoms with Crippen LogP contribution < -0.4 is 0 Å². The molecule has 0 bridgehead atoms. The highest BCUT2D eigenvalue weighted by Gasteiger charge is 2.25. The van der Waals surface area contributed by atoms with Crippen molar-refractivity contribution in [2.75, 3.05) is 26.2 Å². The monoisotopic (exact) mass is 449 g/mol. The van der Waals surface area contributed by atoms with E-state index in [1.807, 2.05) is 12.1 Å². The van der Waals surface area contributed by atoms with Crippen LogP contribution in [0.15, 0.2) is 88.4 Å². The fraction of sp³-hybridized carbons (Fsp3) is 0.208. The second kappa shape index (κ2) is 9.25. The Balaban J connectivity index is 1.47. The first-order chi connectivity index (χ1) is 14.2. The molecule has 5 heteroatoms. The normalized spacial score (nSPS) is 15.3. The number of halogens is 1. The minimum absolute atomic E-state index is 0.240. The van der Waals surface area contributed by atoms with Gasteiger partial charge in [-0.1, -0.05) is 76.6 Å². The second-order valence-electron chi connectivity index (χ2n) is 7.16. The van der Waals surface area contributed by atoms with E-state index in [9.17, 15) is 5.11 Å². The Morgan fingerprint density at radius 1 is 0.828 bits per heavy atom. The maximum Gasteiger partial charge on any atom is 0.124 e. The van der Waals surface area contributed by atoms with Crippen molar-refractivity contribution in [3.63, 3.8) is 0 Å². The third kappa shape index (κ3) is 4.86. The van der Waals surface area contributed by atoms with Gasteiger partial charge < -0.3 is 5.11 Å². The van der Waals surface area contributed by atoms with E-state index in [-0.39, 0.29) is 11.8 Å². The fourth-order valence-electron chi connectivity index (χ4n) is 3.74. The van der Waals surface area contributed by atoms with Crippen LogP contribution in [0.3, 0.4) is 0 Å². The van der Waals surface area contributed by atoms with Gasteiger partial charge in [-0.05, 0) is 29.3 Å². The van der Waals surface area contributed by atoms with E-state index in [1.165, 1.54) is 11.1 Å². The zero-order chi connectivity index (χ0) is 20.1. The number of nitrogens with zero attached hydrogens (tertiary/aromatic N) is 3. The molecule has 0 aliphatic carbocycles. The highest BCUT2D eigenvalue weighted by Crippen LogP contribution is 2.29. The highest BCUT2D eigenvalue weighted by molar-refractivity contribution is 9.10. The summed E-state index contributed by atoms with van der Waals surface area (Å²) in [5.41, 5.74) is 3.35. The molecule has 0 amide bonds. The van der Waals surface area contributed by atoms with Crippen LogP contribution in [0, 0.1) is 0 Å². The smallest absolute Gasteiger partial charge is 0.124 e. The number of benzene rings is 3. The number of phenolic OH excluding ortho intramolecular Hbond substituents is 1. The van der Waals surface area contributed by atoms with Gasteiger partial charge >= 0.3 is 0 Å². The molecule has 3 aromatic rings. The quantitative estimate of drug-likeness (QED) is 0.563. The summed E-state index contributed by atoms with van der Waals surface area (Å²) in [5.74, 6) is 0.240. The van der Waals surface area contributed by atoms with Crippen LogP contribution in [-0.4, -0.2) is 47.4 Å². The molecule has 0 saturated carbocycles. The van der Waals surface area contributed by atoms with Gasteiger partial charge in [0, 0.05) is 36.2 Å². The summed E-state index contributed by atoms with van der Waals surface area (Å²) in [4.78, 5) is 2.52. The molecule has 0 radical (unpaired) electrons. The van der Waals surface area contributed by atoms with Crippen LogP contribution in [-0.2, 0) is 0 Å². The first kappa shape index (κ1) is 19.7. The highest BCUT2D eigenvalue weighted by atomic mass is 79.9. The van der Waals surface area contributed by atoms with E-state index in [4.69, 9.17) is 0 Å². The predicted octanol–water partition coefficient (Wildman–Crippen LogP) is 4.90. The van der Waals surface area contributed by atoms with Crippen molar-refractivity contribution in [3.05, 3.63) is 100 Å². The molecule has 0 atom stereocenters. The van der Waals surface area contributed by atoms with Crippen LogP contribution in [0.4, 0.5) is 0 Å². The number of hydrazone groups is 1. The fourth-order valence-corrected chi connectivity index (χ4v) is 4.12. The van der Waals surface area contributed by atoms with Crippen LogP contribution in [0.1, 0.15) is 22.7 Å². The zero-order valence-corrected chi connectivity index (χ0v) is 17.7. The number of aromatic hydroxyl groups is 1. The van der Waals surface area contributed by atoms with Gasteiger partial charge in [0.1, 0.15) is 5.75 Å². The Morgan fingerprint density at radius 2 is 1.41 bits per heavy atom. The molecule has 148 valence electrons. The molecule has 0 unspecified atom stereocenters. The van der Waals surface area contributed by atoms with Crippen LogP contribution in [0.5, 0.6) is 5.75 Å². The second-order valence-corrected chi connectivity index (χ2v) is 8.08. The first-order valence-corrected chi connectivity index (χ1v) is 10.6. The van der Waals surface area contributed by atoms with E-state index in [0.717, 1.165) is 30.7 Å². The molecule has 0 aromatic heterocycles. The molecule has 1 N–H and O–H groups in total. The summed E-state index contributed by atoms with van der Waals surface area (Å²) >= 11 is 3.44. The molecule has 1 fully saturated rings. The van der Waals surface area contributed by atoms with Gasteiger partial charge in [-0.15, -0.1) is 0 Å². The SMILES string of the molecule is Oc1ccc(Br)cc1/C=N/N1CCN(C(c2ccccc2)c2ccccc2)CC1. The van der Waals surface area contributed by atoms with Gasteiger partial charge in [-0.3, -0.25) is 9.91 Å². The van der Waals surface area contributed by atoms with Gasteiger partial charge in [-0.25, -0.2) is 0 Å². The predicted molar refractivity (Wildman–Crippen MR) is 121 cm³/mol. The van der Waals surface area contributed by atoms with Crippen molar-refractivity contribution in [2.45, 2.75) is 6.04 Å². The van der Waals surface area contributed by atoms with Gasteiger partial charge in [0.25, 0.3) is 0 Å². The minimum Gasteiger partial charge on any atom is -0.507 e. The number of piperazine rings is 1.